The quantitative estimate of drug-likeness (QED) is 0.283. The maximum absolute atomic E-state index is 11.1. The van der Waals surface area contributed by atoms with Crippen molar-refractivity contribution < 1.29 is 23.9 Å². The zero-order valence-electron chi connectivity index (χ0n) is 23.9. The Kier molecular flexibility index (Phi) is 12.5. The first-order valence-corrected chi connectivity index (χ1v) is 18.4. The number of aliphatic carboxylic acids is 1. The number of carboxylic acids is 1. The second-order valence-corrected chi connectivity index (χ2v) is 22.6. The molecule has 4 atom stereocenters. The van der Waals surface area contributed by atoms with Gasteiger partial charge in [0.2, 0.25) is 0 Å². The van der Waals surface area contributed by atoms with Crippen LogP contribution in [0.15, 0.2) is 0 Å². The molecule has 0 radical (unpaired) electrons. The van der Waals surface area contributed by atoms with Crippen molar-refractivity contribution in [2.75, 3.05) is 19.6 Å². The highest BCUT2D eigenvalue weighted by molar-refractivity contribution is 6.74. The number of hydrogen-bond donors (Lipinski definition) is 2. The molecule has 198 valence electrons. The monoisotopic (exact) mass is 505 g/mol. The van der Waals surface area contributed by atoms with E-state index < -0.39 is 28.7 Å². The van der Waals surface area contributed by atoms with Crippen molar-refractivity contribution in [3.63, 3.8) is 0 Å². The minimum Gasteiger partial charge on any atom is -0.479 e. The molecular weight excluding hydrogens is 450 g/mol. The normalized spacial score (nSPS) is 17.7. The molecule has 2 N–H and O–H groups in total. The van der Waals surface area contributed by atoms with E-state index >= 15 is 0 Å². The molecule has 0 aromatic carbocycles. The van der Waals surface area contributed by atoms with Crippen LogP contribution in [0.3, 0.4) is 0 Å². The Morgan fingerprint density at radius 1 is 0.848 bits per heavy atom. The molecule has 0 spiro atoms. The summed E-state index contributed by atoms with van der Waals surface area (Å²) in [7, 11) is -3.73. The molecular formula is C25H55NO5Si2. The Hall–Kier alpha value is -0.256. The molecule has 0 aliphatic rings. The molecule has 6 nitrogen and oxygen atoms in total. The van der Waals surface area contributed by atoms with Crippen LogP contribution < -0.4 is 0 Å². The van der Waals surface area contributed by atoms with Crippen LogP contribution >= 0.6 is 0 Å². The highest BCUT2D eigenvalue weighted by atomic mass is 28.4. The van der Waals surface area contributed by atoms with Gasteiger partial charge in [0.25, 0.3) is 0 Å². The first-order chi connectivity index (χ1) is 14.6. The predicted octanol–water partition coefficient (Wildman–Crippen LogP) is 5.97. The van der Waals surface area contributed by atoms with Gasteiger partial charge in [-0.2, -0.15) is 0 Å². The summed E-state index contributed by atoms with van der Waals surface area (Å²) >= 11 is 0. The van der Waals surface area contributed by atoms with E-state index in [0.717, 1.165) is 26.1 Å². The van der Waals surface area contributed by atoms with Crippen LogP contribution in [0.1, 0.15) is 75.2 Å². The number of nitrogens with zero attached hydrogens (tertiary/aromatic N) is 1. The Bertz CT molecular complexity index is 563. The SMILES string of the molecule is CC(CN(CCCC(C)C(O)C(=O)O)C[C@@H](C)O[Si](C)(C)C(C)(C)C)O[Si](C)(C)C(C)(C)C. The Labute approximate surface area is 206 Å². The van der Waals surface area contributed by atoms with Crippen LogP contribution in [0.25, 0.3) is 0 Å². The number of rotatable bonds is 14. The van der Waals surface area contributed by atoms with Crippen LogP contribution in [-0.4, -0.2) is 75.7 Å². The van der Waals surface area contributed by atoms with Crippen LogP contribution in [0.4, 0.5) is 0 Å². The molecule has 0 heterocycles. The molecule has 0 fully saturated rings. The van der Waals surface area contributed by atoms with Gasteiger partial charge in [-0.25, -0.2) is 4.79 Å². The van der Waals surface area contributed by atoms with E-state index in [1.807, 2.05) is 0 Å². The van der Waals surface area contributed by atoms with Crippen LogP contribution in [-0.2, 0) is 13.6 Å². The highest BCUT2D eigenvalue weighted by Crippen LogP contribution is 2.38. The number of carboxylic acid groups (broad SMARTS) is 1. The first-order valence-electron chi connectivity index (χ1n) is 12.6. The molecule has 3 unspecified atom stereocenters. The van der Waals surface area contributed by atoms with Crippen LogP contribution in [0.2, 0.25) is 36.3 Å². The van der Waals surface area contributed by atoms with Gasteiger partial charge < -0.3 is 19.1 Å². The summed E-state index contributed by atoms with van der Waals surface area (Å²) in [6, 6.07) is 0. The third-order valence-corrected chi connectivity index (χ3v) is 16.8. The third-order valence-electron chi connectivity index (χ3n) is 7.56. The van der Waals surface area contributed by atoms with Crippen molar-refractivity contribution in [3.05, 3.63) is 0 Å². The van der Waals surface area contributed by atoms with Gasteiger partial charge in [0, 0.05) is 13.1 Å². The van der Waals surface area contributed by atoms with E-state index in [-0.39, 0.29) is 28.2 Å². The number of aliphatic hydroxyl groups is 1. The van der Waals surface area contributed by atoms with Crippen molar-refractivity contribution in [2.24, 2.45) is 5.92 Å². The second kappa shape index (κ2) is 12.6. The van der Waals surface area contributed by atoms with Crippen molar-refractivity contribution in [1.82, 2.24) is 4.90 Å². The zero-order chi connectivity index (χ0) is 26.4. The maximum Gasteiger partial charge on any atom is 0.332 e. The van der Waals surface area contributed by atoms with Crippen molar-refractivity contribution in [3.8, 4) is 0 Å². The minimum absolute atomic E-state index is 0.105. The van der Waals surface area contributed by atoms with Gasteiger partial charge in [-0.05, 0) is 75.4 Å². The van der Waals surface area contributed by atoms with Crippen LogP contribution in [0, 0.1) is 5.92 Å². The molecule has 0 aromatic rings. The maximum atomic E-state index is 11.1. The van der Waals surface area contributed by atoms with Crippen molar-refractivity contribution in [1.29, 1.82) is 0 Å². The number of aliphatic hydroxyl groups excluding tert-OH is 1. The Morgan fingerprint density at radius 2 is 1.21 bits per heavy atom. The molecule has 8 heteroatoms. The Balaban J connectivity index is 5.24. The molecule has 0 amide bonds. The summed E-state index contributed by atoms with van der Waals surface area (Å²) in [5, 5.41) is 19.2. The first kappa shape index (κ1) is 32.7. The predicted molar refractivity (Wildman–Crippen MR) is 144 cm³/mol. The topological polar surface area (TPSA) is 79.2 Å². The third kappa shape index (κ3) is 11.3. The van der Waals surface area contributed by atoms with Gasteiger partial charge in [0.15, 0.2) is 22.7 Å². The molecule has 0 aliphatic heterocycles. The fourth-order valence-corrected chi connectivity index (χ4v) is 6.32. The lowest BCUT2D eigenvalue weighted by Gasteiger charge is -2.41. The fourth-order valence-electron chi connectivity index (χ4n) is 3.46. The average molecular weight is 506 g/mol. The molecule has 0 saturated heterocycles. The van der Waals surface area contributed by atoms with E-state index in [1.54, 1.807) is 6.92 Å². The van der Waals surface area contributed by atoms with Gasteiger partial charge in [0.05, 0.1) is 12.2 Å². The van der Waals surface area contributed by atoms with Gasteiger partial charge in [-0.15, -0.1) is 0 Å². The summed E-state index contributed by atoms with van der Waals surface area (Å²) < 4.78 is 13.2. The number of hydrogen-bond acceptors (Lipinski definition) is 5. The summed E-state index contributed by atoms with van der Waals surface area (Å²) in [6.07, 6.45) is 0.394. The summed E-state index contributed by atoms with van der Waals surface area (Å²) in [6.45, 7) is 31.2. The molecule has 0 aliphatic carbocycles. The van der Waals surface area contributed by atoms with Gasteiger partial charge in [-0.1, -0.05) is 48.5 Å². The second-order valence-electron chi connectivity index (χ2n) is 13.0. The van der Waals surface area contributed by atoms with Crippen LogP contribution in [0.5, 0.6) is 0 Å². The lowest BCUT2D eigenvalue weighted by atomic mass is 9.99. The van der Waals surface area contributed by atoms with Gasteiger partial charge in [0.1, 0.15) is 0 Å². The lowest BCUT2D eigenvalue weighted by Crippen LogP contribution is -2.49. The largest absolute Gasteiger partial charge is 0.479 e. The van der Waals surface area contributed by atoms with Crippen molar-refractivity contribution in [2.45, 2.75) is 130 Å². The molecule has 0 rings (SSSR count). The smallest absolute Gasteiger partial charge is 0.332 e. The standard InChI is InChI=1S/C25H55NO5Si2/c1-19(22(27)23(28)29)15-14-16-26(17-20(2)30-32(10,11)24(4,5)6)18-21(3)31-33(12,13)25(7,8)9/h19-22,27H,14-18H2,1-13H3,(H,28,29)/t19?,20-,21?,22?/m1/s1. The highest BCUT2D eigenvalue weighted by Gasteiger charge is 2.40. The van der Waals surface area contributed by atoms with Gasteiger partial charge >= 0.3 is 5.97 Å². The molecule has 0 saturated carbocycles. The van der Waals surface area contributed by atoms with E-state index in [9.17, 15) is 9.90 Å². The van der Waals surface area contributed by atoms with Gasteiger partial charge in [-0.3, -0.25) is 4.90 Å². The summed E-state index contributed by atoms with van der Waals surface area (Å²) in [4.78, 5) is 13.5. The van der Waals surface area contributed by atoms with E-state index in [1.165, 1.54) is 0 Å². The molecule has 0 aromatic heterocycles. The fraction of sp³-hybridized carbons (Fsp3) is 0.960. The van der Waals surface area contributed by atoms with E-state index in [4.69, 9.17) is 14.0 Å². The average Bonchev–Trinajstić information content (AvgIpc) is 2.57. The van der Waals surface area contributed by atoms with Crippen molar-refractivity contribution >= 4 is 22.6 Å². The summed E-state index contributed by atoms with van der Waals surface area (Å²) in [5.74, 6) is -1.42. The Morgan fingerprint density at radius 3 is 1.52 bits per heavy atom. The number of carbonyl (C=O) groups is 1. The van der Waals surface area contributed by atoms with E-state index in [2.05, 4.69) is 86.5 Å². The molecule has 0 bridgehead atoms. The van der Waals surface area contributed by atoms with E-state index in [0.29, 0.717) is 6.42 Å². The lowest BCUT2D eigenvalue weighted by molar-refractivity contribution is -0.149. The summed E-state index contributed by atoms with van der Waals surface area (Å²) in [5.41, 5.74) is 0. The zero-order valence-corrected chi connectivity index (χ0v) is 25.9. The minimum atomic E-state index is -1.86. The molecule has 33 heavy (non-hydrogen) atoms.